The molecule has 0 bridgehead atoms. The lowest BCUT2D eigenvalue weighted by Gasteiger charge is -2.31. The Morgan fingerprint density at radius 2 is 1.74 bits per heavy atom. The highest BCUT2D eigenvalue weighted by molar-refractivity contribution is 5.85. The van der Waals surface area contributed by atoms with E-state index in [2.05, 4.69) is 0 Å². The summed E-state index contributed by atoms with van der Waals surface area (Å²) in [6, 6.07) is 11.1. The van der Waals surface area contributed by atoms with Crippen molar-refractivity contribution in [2.24, 2.45) is 29.4 Å². The van der Waals surface area contributed by atoms with Crippen LogP contribution in [-0.4, -0.2) is 27.7 Å². The minimum atomic E-state index is -4.49. The molecule has 0 radical (unpaired) electrons. The third-order valence-electron chi connectivity index (χ3n) is 6.39. The van der Waals surface area contributed by atoms with Crippen molar-refractivity contribution in [3.05, 3.63) is 59.7 Å². The lowest BCUT2D eigenvalue weighted by Crippen LogP contribution is -2.55. The van der Waals surface area contributed by atoms with Crippen LogP contribution in [0.3, 0.4) is 0 Å². The zero-order valence-electron chi connectivity index (χ0n) is 16.2. The van der Waals surface area contributed by atoms with E-state index < -0.39 is 47.0 Å². The first-order valence-corrected chi connectivity index (χ1v) is 9.71. The van der Waals surface area contributed by atoms with Crippen molar-refractivity contribution >= 4 is 11.9 Å². The average molecular weight is 435 g/mol. The van der Waals surface area contributed by atoms with E-state index in [1.54, 1.807) is 24.3 Å². The van der Waals surface area contributed by atoms with Crippen molar-refractivity contribution < 1.29 is 37.7 Å². The molecule has 0 amide bonds. The number of nitrogens with two attached hydrogens (primary N) is 1. The van der Waals surface area contributed by atoms with Crippen molar-refractivity contribution in [3.8, 4) is 11.5 Å². The predicted octanol–water partition coefficient (Wildman–Crippen LogP) is 3.79. The molecule has 2 aromatic rings. The van der Waals surface area contributed by atoms with Crippen LogP contribution in [0.15, 0.2) is 48.5 Å². The highest BCUT2D eigenvalue weighted by Gasteiger charge is 2.73. The van der Waals surface area contributed by atoms with Gasteiger partial charge in [-0.1, -0.05) is 18.2 Å². The number of hydrogen-bond donors (Lipinski definition) is 3. The van der Waals surface area contributed by atoms with E-state index in [1.165, 1.54) is 12.1 Å². The van der Waals surface area contributed by atoms with Gasteiger partial charge in [-0.2, -0.15) is 13.2 Å². The minimum absolute atomic E-state index is 0.0251. The third kappa shape index (κ3) is 3.74. The molecule has 5 atom stereocenters. The fourth-order valence-electron chi connectivity index (χ4n) is 4.91. The minimum Gasteiger partial charge on any atom is -0.481 e. The Bertz CT molecular complexity index is 1040. The summed E-state index contributed by atoms with van der Waals surface area (Å²) >= 11 is 0. The first kappa shape index (κ1) is 21.2. The Kier molecular flexibility index (Phi) is 4.96. The maximum absolute atomic E-state index is 12.9. The molecule has 0 spiro atoms. The number of halogens is 3. The topological polar surface area (TPSA) is 110 Å². The van der Waals surface area contributed by atoms with Gasteiger partial charge in [-0.3, -0.25) is 9.59 Å². The predicted molar refractivity (Wildman–Crippen MR) is 102 cm³/mol. The number of benzene rings is 2. The number of hydrogen-bond acceptors (Lipinski definition) is 4. The number of ether oxygens (including phenoxy) is 1. The Morgan fingerprint density at radius 1 is 1.10 bits per heavy atom. The summed E-state index contributed by atoms with van der Waals surface area (Å²) in [5, 5.41) is 19.0. The van der Waals surface area contributed by atoms with Crippen LogP contribution in [-0.2, 0) is 22.2 Å². The molecule has 0 aliphatic heterocycles. The number of carbonyl (C=O) groups is 2. The van der Waals surface area contributed by atoms with Crippen LogP contribution in [0.25, 0.3) is 0 Å². The summed E-state index contributed by atoms with van der Waals surface area (Å²) < 4.78 is 44.3. The summed E-state index contributed by atoms with van der Waals surface area (Å²) in [4.78, 5) is 23.2. The van der Waals surface area contributed by atoms with Crippen LogP contribution in [0.2, 0.25) is 0 Å². The van der Waals surface area contributed by atoms with Gasteiger partial charge in [-0.05, 0) is 60.6 Å². The molecule has 2 aliphatic carbocycles. The van der Waals surface area contributed by atoms with Crippen molar-refractivity contribution in [3.63, 3.8) is 0 Å². The van der Waals surface area contributed by atoms with E-state index in [4.69, 9.17) is 10.5 Å². The molecule has 2 aromatic carbocycles. The Morgan fingerprint density at radius 3 is 2.35 bits per heavy atom. The van der Waals surface area contributed by atoms with Crippen LogP contribution in [0.4, 0.5) is 13.2 Å². The monoisotopic (exact) mass is 435 g/mol. The maximum Gasteiger partial charge on any atom is 0.416 e. The molecule has 164 valence electrons. The van der Waals surface area contributed by atoms with Gasteiger partial charge in [0, 0.05) is 5.92 Å². The molecule has 0 heterocycles. The standard InChI is InChI=1S/C22H20F3NO5/c23-22(24,25)12-4-2-6-15(9-12)31-14-5-1-3-11(8-14)7-13-10-16-17(19(27)28)18(16)21(13,26)20(29)30/h1-6,8-9,13,16-18H,7,10,26H2,(H,27,28)(H,29,30). The van der Waals surface area contributed by atoms with Crippen LogP contribution in [0.1, 0.15) is 17.5 Å². The van der Waals surface area contributed by atoms with Crippen LogP contribution >= 0.6 is 0 Å². The third-order valence-corrected chi connectivity index (χ3v) is 6.39. The largest absolute Gasteiger partial charge is 0.481 e. The molecule has 0 aromatic heterocycles. The van der Waals surface area contributed by atoms with Gasteiger partial charge in [0.25, 0.3) is 0 Å². The lowest BCUT2D eigenvalue weighted by atomic mass is 9.78. The molecule has 5 unspecified atom stereocenters. The van der Waals surface area contributed by atoms with E-state index in [0.29, 0.717) is 24.2 Å². The van der Waals surface area contributed by atoms with Gasteiger partial charge in [-0.15, -0.1) is 0 Å². The molecule has 2 saturated carbocycles. The maximum atomic E-state index is 12.9. The lowest BCUT2D eigenvalue weighted by molar-refractivity contribution is -0.147. The fourth-order valence-corrected chi connectivity index (χ4v) is 4.91. The van der Waals surface area contributed by atoms with E-state index in [9.17, 15) is 33.0 Å². The molecule has 0 saturated heterocycles. The second-order valence-electron chi connectivity index (χ2n) is 8.20. The van der Waals surface area contributed by atoms with E-state index >= 15 is 0 Å². The molecule has 4 rings (SSSR count). The van der Waals surface area contributed by atoms with E-state index in [-0.39, 0.29) is 11.7 Å². The summed E-state index contributed by atoms with van der Waals surface area (Å²) in [5.74, 6) is -3.96. The fraction of sp³-hybridized carbons (Fsp3) is 0.364. The van der Waals surface area contributed by atoms with Crippen molar-refractivity contribution in [1.29, 1.82) is 0 Å². The van der Waals surface area contributed by atoms with Gasteiger partial charge in [-0.25, -0.2) is 0 Å². The van der Waals surface area contributed by atoms with Gasteiger partial charge in [0.05, 0.1) is 11.5 Å². The summed E-state index contributed by atoms with van der Waals surface area (Å²) in [5.41, 5.74) is 4.47. The summed E-state index contributed by atoms with van der Waals surface area (Å²) in [7, 11) is 0. The highest BCUT2D eigenvalue weighted by atomic mass is 19.4. The number of carboxylic acids is 2. The smallest absolute Gasteiger partial charge is 0.416 e. The zero-order valence-corrected chi connectivity index (χ0v) is 16.2. The van der Waals surface area contributed by atoms with Crippen molar-refractivity contribution in [2.45, 2.75) is 24.6 Å². The Hall–Kier alpha value is -3.07. The zero-order chi connectivity index (χ0) is 22.6. The van der Waals surface area contributed by atoms with Crippen molar-refractivity contribution in [1.82, 2.24) is 0 Å². The second-order valence-corrected chi connectivity index (χ2v) is 8.20. The number of rotatable bonds is 6. The Balaban J connectivity index is 1.51. The highest BCUT2D eigenvalue weighted by Crippen LogP contribution is 2.64. The van der Waals surface area contributed by atoms with Crippen molar-refractivity contribution in [2.75, 3.05) is 0 Å². The van der Waals surface area contributed by atoms with Gasteiger partial charge in [0.15, 0.2) is 0 Å². The van der Waals surface area contributed by atoms with Gasteiger partial charge >= 0.3 is 18.1 Å². The second kappa shape index (κ2) is 7.26. The summed E-state index contributed by atoms with van der Waals surface area (Å²) in [6.45, 7) is 0. The van der Waals surface area contributed by atoms with Crippen LogP contribution in [0, 0.1) is 23.7 Å². The molecule has 4 N–H and O–H groups in total. The molecular weight excluding hydrogens is 415 g/mol. The quantitative estimate of drug-likeness (QED) is 0.637. The number of fused-ring (bicyclic) bond motifs is 1. The average Bonchev–Trinajstić information content (AvgIpc) is 3.34. The number of carboxylic acid groups (broad SMARTS) is 2. The first-order chi connectivity index (χ1) is 14.5. The number of aliphatic carboxylic acids is 2. The van der Waals surface area contributed by atoms with Crippen LogP contribution in [0.5, 0.6) is 11.5 Å². The SMILES string of the molecule is NC1(C(=O)O)C(Cc2cccc(Oc3cccc(C(F)(F)F)c3)c2)CC2C(C(=O)O)C21. The van der Waals surface area contributed by atoms with E-state index in [1.807, 2.05) is 0 Å². The molecular formula is C22H20F3NO5. The normalized spacial score (nSPS) is 29.3. The molecule has 2 fully saturated rings. The molecule has 31 heavy (non-hydrogen) atoms. The summed E-state index contributed by atoms with van der Waals surface area (Å²) in [6.07, 6.45) is -3.80. The molecule has 2 aliphatic rings. The van der Waals surface area contributed by atoms with E-state index in [0.717, 1.165) is 12.1 Å². The first-order valence-electron chi connectivity index (χ1n) is 9.71. The molecule has 6 nitrogen and oxygen atoms in total. The van der Waals surface area contributed by atoms with Crippen LogP contribution < -0.4 is 10.5 Å². The van der Waals surface area contributed by atoms with Gasteiger partial charge in [0.1, 0.15) is 17.0 Å². The van der Waals surface area contributed by atoms with Gasteiger partial charge in [0.2, 0.25) is 0 Å². The Labute approximate surface area is 175 Å². The van der Waals surface area contributed by atoms with Gasteiger partial charge < -0.3 is 20.7 Å². The number of alkyl halides is 3. The molecule has 9 heteroatoms.